The number of aryl methyl sites for hydroxylation is 1. The smallest absolute Gasteiger partial charge is 0.142 e. The van der Waals surface area contributed by atoms with Gasteiger partial charge in [-0.1, -0.05) is 48.0 Å². The second-order valence-corrected chi connectivity index (χ2v) is 5.60. The van der Waals surface area contributed by atoms with Crippen LogP contribution in [0.2, 0.25) is 0 Å². The van der Waals surface area contributed by atoms with Gasteiger partial charge in [0.25, 0.3) is 0 Å². The fourth-order valence-electron chi connectivity index (χ4n) is 2.68. The van der Waals surface area contributed by atoms with Gasteiger partial charge >= 0.3 is 0 Å². The topological polar surface area (TPSA) is 29.9 Å². The molecule has 0 bridgehead atoms. The van der Waals surface area contributed by atoms with Crippen molar-refractivity contribution in [3.8, 4) is 5.69 Å². The Hall–Kier alpha value is -3.07. The van der Waals surface area contributed by atoms with Gasteiger partial charge in [-0.15, -0.1) is 0 Å². The van der Waals surface area contributed by atoms with Crippen molar-refractivity contribution in [1.82, 2.24) is 9.78 Å². The zero-order valence-electron chi connectivity index (χ0n) is 12.9. The fourth-order valence-corrected chi connectivity index (χ4v) is 2.68. The van der Waals surface area contributed by atoms with E-state index in [1.54, 1.807) is 0 Å². The summed E-state index contributed by atoms with van der Waals surface area (Å²) in [6.07, 6.45) is 0. The highest BCUT2D eigenvalue weighted by Gasteiger charge is 2.12. The maximum absolute atomic E-state index is 4.76. The van der Waals surface area contributed by atoms with Crippen LogP contribution in [-0.2, 0) is 0 Å². The highest BCUT2D eigenvalue weighted by Crippen LogP contribution is 2.29. The second kappa shape index (κ2) is 5.61. The Morgan fingerprint density at radius 2 is 1.48 bits per heavy atom. The van der Waals surface area contributed by atoms with E-state index in [1.165, 1.54) is 5.56 Å². The molecule has 4 aromatic rings. The summed E-state index contributed by atoms with van der Waals surface area (Å²) >= 11 is 0. The molecule has 23 heavy (non-hydrogen) atoms. The molecule has 0 spiro atoms. The van der Waals surface area contributed by atoms with E-state index in [1.807, 2.05) is 41.1 Å². The van der Waals surface area contributed by atoms with Gasteiger partial charge in [0.05, 0.1) is 11.2 Å². The number of benzene rings is 3. The average Bonchev–Trinajstić information content (AvgIpc) is 2.95. The van der Waals surface area contributed by atoms with Crippen molar-refractivity contribution >= 4 is 22.4 Å². The normalized spacial score (nSPS) is 10.8. The Kier molecular flexibility index (Phi) is 3.31. The predicted molar refractivity (Wildman–Crippen MR) is 95.5 cm³/mol. The van der Waals surface area contributed by atoms with Gasteiger partial charge in [-0.3, -0.25) is 0 Å². The first kappa shape index (κ1) is 13.6. The van der Waals surface area contributed by atoms with E-state index in [4.69, 9.17) is 5.10 Å². The number of para-hydroxylation sites is 1. The number of nitrogens with one attached hydrogen (secondary N) is 1. The van der Waals surface area contributed by atoms with Crippen LogP contribution < -0.4 is 5.32 Å². The quantitative estimate of drug-likeness (QED) is 0.572. The predicted octanol–water partition coefficient (Wildman–Crippen LogP) is 5.08. The number of nitrogens with zero attached hydrogens (tertiary/aromatic N) is 2. The summed E-state index contributed by atoms with van der Waals surface area (Å²) < 4.78 is 1.97. The van der Waals surface area contributed by atoms with Crippen molar-refractivity contribution in [3.63, 3.8) is 0 Å². The highest BCUT2D eigenvalue weighted by molar-refractivity contribution is 5.92. The lowest BCUT2D eigenvalue weighted by Gasteiger charge is -2.10. The van der Waals surface area contributed by atoms with Crippen molar-refractivity contribution in [2.24, 2.45) is 0 Å². The molecule has 0 saturated heterocycles. The number of hydrogen-bond donors (Lipinski definition) is 1. The van der Waals surface area contributed by atoms with Crippen LogP contribution in [0.5, 0.6) is 0 Å². The number of fused-ring (bicyclic) bond motifs is 1. The minimum Gasteiger partial charge on any atom is -0.340 e. The van der Waals surface area contributed by atoms with Crippen molar-refractivity contribution in [3.05, 3.63) is 84.4 Å². The molecular formula is C20H17N3. The van der Waals surface area contributed by atoms with Gasteiger partial charge in [0.2, 0.25) is 0 Å². The lowest BCUT2D eigenvalue weighted by Crippen LogP contribution is -2.02. The number of rotatable bonds is 3. The van der Waals surface area contributed by atoms with E-state index < -0.39 is 0 Å². The fraction of sp³-hybridized carbons (Fsp3) is 0.0500. The van der Waals surface area contributed by atoms with E-state index in [-0.39, 0.29) is 0 Å². The molecule has 3 heteroatoms. The molecule has 0 aliphatic heterocycles. The summed E-state index contributed by atoms with van der Waals surface area (Å²) in [6, 6.07) is 26.8. The average molecular weight is 299 g/mol. The second-order valence-electron chi connectivity index (χ2n) is 5.60. The Balaban J connectivity index is 1.89. The van der Waals surface area contributed by atoms with Crippen LogP contribution in [0.4, 0.5) is 11.5 Å². The van der Waals surface area contributed by atoms with Gasteiger partial charge in [0.15, 0.2) is 0 Å². The molecule has 0 radical (unpaired) electrons. The minimum absolute atomic E-state index is 0.978. The number of anilines is 2. The lowest BCUT2D eigenvalue weighted by molar-refractivity contribution is 0.903. The van der Waals surface area contributed by atoms with Crippen molar-refractivity contribution in [2.75, 3.05) is 5.32 Å². The van der Waals surface area contributed by atoms with Gasteiger partial charge in [0.1, 0.15) is 5.82 Å². The minimum atomic E-state index is 0.978. The Morgan fingerprint density at radius 3 is 2.26 bits per heavy atom. The van der Waals surface area contributed by atoms with Gasteiger partial charge in [-0.05, 0) is 43.3 Å². The molecule has 0 aliphatic rings. The van der Waals surface area contributed by atoms with Crippen molar-refractivity contribution in [2.45, 2.75) is 6.92 Å². The third-order valence-corrected chi connectivity index (χ3v) is 3.89. The molecule has 0 aliphatic carbocycles. The standard InChI is InChI=1S/C20H17N3/c1-15-11-13-17(14-12-15)23-20(21-16-7-3-2-4-8-16)18-9-5-6-10-19(18)22-23/h2-14,21H,1H3. The maximum Gasteiger partial charge on any atom is 0.142 e. The molecule has 1 N–H and O–H groups in total. The first-order valence-electron chi connectivity index (χ1n) is 7.68. The van der Waals surface area contributed by atoms with Crippen molar-refractivity contribution in [1.29, 1.82) is 0 Å². The molecule has 0 unspecified atom stereocenters. The van der Waals surface area contributed by atoms with E-state index in [9.17, 15) is 0 Å². The van der Waals surface area contributed by atoms with E-state index in [2.05, 4.69) is 54.7 Å². The molecule has 4 rings (SSSR count). The summed E-state index contributed by atoms with van der Waals surface area (Å²) in [5.74, 6) is 0.982. The third kappa shape index (κ3) is 2.57. The molecule has 0 atom stereocenters. The van der Waals surface area contributed by atoms with Crippen LogP contribution in [-0.4, -0.2) is 9.78 Å². The molecule has 112 valence electrons. The number of aromatic nitrogens is 2. The van der Waals surface area contributed by atoms with Crippen LogP contribution >= 0.6 is 0 Å². The maximum atomic E-state index is 4.76. The van der Waals surface area contributed by atoms with E-state index in [0.29, 0.717) is 0 Å². The molecule has 0 fully saturated rings. The summed E-state index contributed by atoms with van der Waals surface area (Å²) in [5.41, 5.74) is 4.31. The van der Waals surface area contributed by atoms with Gasteiger partial charge < -0.3 is 5.32 Å². The summed E-state index contributed by atoms with van der Waals surface area (Å²) in [5, 5.41) is 9.38. The Morgan fingerprint density at radius 1 is 0.783 bits per heavy atom. The molecule has 1 heterocycles. The Bertz CT molecular complexity index is 938. The molecular weight excluding hydrogens is 282 g/mol. The summed E-state index contributed by atoms with van der Waals surface area (Å²) in [6.45, 7) is 2.09. The van der Waals surface area contributed by atoms with E-state index in [0.717, 1.165) is 28.1 Å². The molecule has 3 nitrogen and oxygen atoms in total. The zero-order valence-corrected chi connectivity index (χ0v) is 12.9. The monoisotopic (exact) mass is 299 g/mol. The molecule has 0 amide bonds. The van der Waals surface area contributed by atoms with Crippen molar-refractivity contribution < 1.29 is 0 Å². The van der Waals surface area contributed by atoms with Crippen LogP contribution in [0, 0.1) is 6.92 Å². The largest absolute Gasteiger partial charge is 0.340 e. The van der Waals surface area contributed by atoms with Crippen LogP contribution in [0.15, 0.2) is 78.9 Å². The SMILES string of the molecule is Cc1ccc(-n2nc3ccccc3c2Nc2ccccc2)cc1. The van der Waals surface area contributed by atoms with Gasteiger partial charge in [0, 0.05) is 11.1 Å². The number of hydrogen-bond acceptors (Lipinski definition) is 2. The van der Waals surface area contributed by atoms with E-state index >= 15 is 0 Å². The first-order valence-corrected chi connectivity index (χ1v) is 7.68. The zero-order chi connectivity index (χ0) is 15.6. The van der Waals surface area contributed by atoms with Crippen LogP contribution in [0.25, 0.3) is 16.6 Å². The lowest BCUT2D eigenvalue weighted by atomic mass is 10.2. The summed E-state index contributed by atoms with van der Waals surface area (Å²) in [7, 11) is 0. The highest BCUT2D eigenvalue weighted by atomic mass is 15.3. The van der Waals surface area contributed by atoms with Crippen LogP contribution in [0.1, 0.15) is 5.56 Å². The molecule has 1 aromatic heterocycles. The Labute approximate surface area is 135 Å². The summed E-state index contributed by atoms with van der Waals surface area (Å²) in [4.78, 5) is 0. The van der Waals surface area contributed by atoms with Gasteiger partial charge in [-0.25, -0.2) is 4.68 Å². The molecule has 0 saturated carbocycles. The first-order chi connectivity index (χ1) is 11.3. The van der Waals surface area contributed by atoms with Crippen LogP contribution in [0.3, 0.4) is 0 Å². The third-order valence-electron chi connectivity index (χ3n) is 3.89. The van der Waals surface area contributed by atoms with Gasteiger partial charge in [-0.2, -0.15) is 5.10 Å². The molecule has 3 aromatic carbocycles.